The van der Waals surface area contributed by atoms with E-state index in [1.54, 1.807) is 30.3 Å². The highest BCUT2D eigenvalue weighted by Crippen LogP contribution is 2.04. The molecule has 0 saturated carbocycles. The Morgan fingerprint density at radius 3 is 2.84 bits per heavy atom. The van der Waals surface area contributed by atoms with Gasteiger partial charge in [-0.05, 0) is 19.1 Å². The summed E-state index contributed by atoms with van der Waals surface area (Å²) in [5.41, 5.74) is 1.84. The van der Waals surface area contributed by atoms with Crippen LogP contribution in [0.1, 0.15) is 27.6 Å². The number of hydrogen-bond acceptors (Lipinski definition) is 4. The Bertz CT molecular complexity index is 694. The van der Waals surface area contributed by atoms with Gasteiger partial charge in [-0.3, -0.25) is 14.6 Å². The predicted molar refractivity (Wildman–Crippen MR) is 106 cm³/mol. The van der Waals surface area contributed by atoms with Gasteiger partial charge in [0.1, 0.15) is 12.1 Å². The first-order valence-electron chi connectivity index (χ1n) is 7.79. The Balaban J connectivity index is 2.69. The second-order valence-electron chi connectivity index (χ2n) is 4.89. The van der Waals surface area contributed by atoms with E-state index in [-0.39, 0.29) is 5.91 Å². The largest absolute Gasteiger partial charge is 0.350 e. The number of allylic oxidation sites excluding steroid dienone is 3. The van der Waals surface area contributed by atoms with Crippen molar-refractivity contribution < 1.29 is 9.59 Å². The van der Waals surface area contributed by atoms with E-state index in [0.29, 0.717) is 24.2 Å². The van der Waals surface area contributed by atoms with Crippen molar-refractivity contribution in [2.75, 3.05) is 19.3 Å². The standard InChI is InChI=1S/C19H23N3O2S/c1-4-7-16(8-5-2)18(22-25-3)20-11-12-21-19(24)17-10-6-9-15(13-17)14-23/h4-10,13-14H,1,11-12H2,2-3H3,(H,20,22)(H,21,24)/b8-5-,16-7+. The first-order chi connectivity index (χ1) is 12.2. The molecule has 0 aliphatic heterocycles. The van der Waals surface area contributed by atoms with Crippen molar-refractivity contribution in [3.63, 3.8) is 0 Å². The van der Waals surface area contributed by atoms with Gasteiger partial charge in [0.05, 0.1) is 6.54 Å². The molecule has 0 aliphatic carbocycles. The number of rotatable bonds is 9. The van der Waals surface area contributed by atoms with E-state index in [1.165, 1.54) is 11.9 Å². The second-order valence-corrected chi connectivity index (χ2v) is 5.51. The SMILES string of the molecule is C=C/C=C(\C=C/C)C(=NCCNC(=O)c1cccc(C=O)c1)NSC. The van der Waals surface area contributed by atoms with Crippen molar-refractivity contribution in [1.29, 1.82) is 0 Å². The van der Waals surface area contributed by atoms with E-state index < -0.39 is 0 Å². The molecule has 0 aromatic heterocycles. The monoisotopic (exact) mass is 357 g/mol. The lowest BCUT2D eigenvalue weighted by molar-refractivity contribution is 0.0955. The number of carbonyl (C=O) groups excluding carboxylic acids is 2. The topological polar surface area (TPSA) is 70.6 Å². The van der Waals surface area contributed by atoms with E-state index in [9.17, 15) is 9.59 Å². The van der Waals surface area contributed by atoms with Crippen LogP contribution >= 0.6 is 11.9 Å². The molecule has 0 heterocycles. The molecule has 1 aromatic rings. The Labute approximate surface area is 153 Å². The van der Waals surface area contributed by atoms with Crippen LogP contribution in [0.4, 0.5) is 0 Å². The molecular formula is C19H23N3O2S. The van der Waals surface area contributed by atoms with Crippen molar-refractivity contribution in [1.82, 2.24) is 10.0 Å². The molecule has 0 bridgehead atoms. The number of benzene rings is 1. The van der Waals surface area contributed by atoms with Gasteiger partial charge < -0.3 is 10.0 Å². The van der Waals surface area contributed by atoms with Crippen LogP contribution in [0.25, 0.3) is 0 Å². The number of carbonyl (C=O) groups is 2. The van der Waals surface area contributed by atoms with E-state index in [2.05, 4.69) is 21.6 Å². The van der Waals surface area contributed by atoms with Gasteiger partial charge in [0.2, 0.25) is 0 Å². The normalized spacial score (nSPS) is 12.1. The predicted octanol–water partition coefficient (Wildman–Crippen LogP) is 3.18. The number of amidine groups is 1. The summed E-state index contributed by atoms with van der Waals surface area (Å²) >= 11 is 1.44. The molecule has 0 spiro atoms. The third-order valence-electron chi connectivity index (χ3n) is 3.07. The van der Waals surface area contributed by atoms with E-state index in [1.807, 2.05) is 31.4 Å². The average molecular weight is 357 g/mol. The highest BCUT2D eigenvalue weighted by Gasteiger charge is 2.06. The lowest BCUT2D eigenvalue weighted by Crippen LogP contribution is -2.27. The Morgan fingerprint density at radius 2 is 2.20 bits per heavy atom. The molecule has 0 atom stereocenters. The summed E-state index contributed by atoms with van der Waals surface area (Å²) < 4.78 is 3.14. The molecule has 1 rings (SSSR count). The zero-order valence-corrected chi connectivity index (χ0v) is 15.3. The van der Waals surface area contributed by atoms with Crippen LogP contribution < -0.4 is 10.0 Å². The molecule has 1 amide bonds. The average Bonchev–Trinajstić information content (AvgIpc) is 2.64. The maximum Gasteiger partial charge on any atom is 0.251 e. The van der Waals surface area contributed by atoms with Crippen LogP contribution in [-0.4, -0.2) is 37.4 Å². The Morgan fingerprint density at radius 1 is 1.40 bits per heavy atom. The number of nitrogens with one attached hydrogen (secondary N) is 2. The van der Waals surface area contributed by atoms with Gasteiger partial charge in [-0.2, -0.15) is 0 Å². The number of aliphatic imine (C=N–C) groups is 1. The molecule has 2 N–H and O–H groups in total. The van der Waals surface area contributed by atoms with Crippen LogP contribution in [-0.2, 0) is 0 Å². The third kappa shape index (κ3) is 7.22. The fourth-order valence-corrected chi connectivity index (χ4v) is 2.37. The molecule has 0 saturated heterocycles. The molecular weight excluding hydrogens is 334 g/mol. The van der Waals surface area contributed by atoms with Gasteiger partial charge in [-0.1, -0.05) is 55.0 Å². The van der Waals surface area contributed by atoms with Gasteiger partial charge in [-0.15, -0.1) is 0 Å². The summed E-state index contributed by atoms with van der Waals surface area (Å²) in [6.07, 6.45) is 10.1. The van der Waals surface area contributed by atoms with Gasteiger partial charge >= 0.3 is 0 Å². The minimum Gasteiger partial charge on any atom is -0.350 e. The number of aldehydes is 1. The van der Waals surface area contributed by atoms with Crippen LogP contribution in [0, 0.1) is 0 Å². The summed E-state index contributed by atoms with van der Waals surface area (Å²) in [6, 6.07) is 6.57. The molecule has 0 radical (unpaired) electrons. The van der Waals surface area contributed by atoms with Crippen LogP contribution in [0.3, 0.4) is 0 Å². The van der Waals surface area contributed by atoms with Crippen molar-refractivity contribution in [2.24, 2.45) is 4.99 Å². The molecule has 132 valence electrons. The quantitative estimate of drug-likeness (QED) is 0.178. The molecule has 0 aliphatic rings. The minimum absolute atomic E-state index is 0.228. The molecule has 1 aromatic carbocycles. The van der Waals surface area contributed by atoms with Gasteiger partial charge in [-0.25, -0.2) is 0 Å². The maximum atomic E-state index is 12.1. The fourth-order valence-electron chi connectivity index (χ4n) is 1.99. The molecule has 25 heavy (non-hydrogen) atoms. The number of hydrogen-bond donors (Lipinski definition) is 2. The van der Waals surface area contributed by atoms with Crippen LogP contribution in [0.5, 0.6) is 0 Å². The second kappa shape index (κ2) is 11.9. The third-order valence-corrected chi connectivity index (χ3v) is 3.47. The van der Waals surface area contributed by atoms with Crippen LogP contribution in [0.15, 0.2) is 65.7 Å². The summed E-state index contributed by atoms with van der Waals surface area (Å²) in [5.74, 6) is 0.497. The zero-order valence-electron chi connectivity index (χ0n) is 14.5. The van der Waals surface area contributed by atoms with Crippen molar-refractivity contribution in [2.45, 2.75) is 6.92 Å². The van der Waals surface area contributed by atoms with Gasteiger partial charge in [0.15, 0.2) is 0 Å². The van der Waals surface area contributed by atoms with Gasteiger partial charge in [0.25, 0.3) is 5.91 Å². The minimum atomic E-state index is -0.228. The molecule has 0 unspecified atom stereocenters. The summed E-state index contributed by atoms with van der Waals surface area (Å²) in [7, 11) is 0. The highest BCUT2D eigenvalue weighted by atomic mass is 32.2. The molecule has 6 heteroatoms. The molecule has 5 nitrogen and oxygen atoms in total. The summed E-state index contributed by atoms with van der Waals surface area (Å²) in [5, 5.41) is 2.80. The Kier molecular flexibility index (Phi) is 9.70. The lowest BCUT2D eigenvalue weighted by atomic mass is 10.1. The first-order valence-corrected chi connectivity index (χ1v) is 9.01. The van der Waals surface area contributed by atoms with E-state index in [4.69, 9.17) is 0 Å². The van der Waals surface area contributed by atoms with Crippen molar-refractivity contribution in [3.8, 4) is 0 Å². The summed E-state index contributed by atoms with van der Waals surface area (Å²) in [6.45, 7) is 6.46. The van der Waals surface area contributed by atoms with Crippen LogP contribution in [0.2, 0.25) is 0 Å². The Hall–Kier alpha value is -2.60. The molecule has 0 fully saturated rings. The number of amides is 1. The van der Waals surface area contributed by atoms with Gasteiger partial charge in [0, 0.05) is 29.5 Å². The van der Waals surface area contributed by atoms with E-state index in [0.717, 1.165) is 17.7 Å². The van der Waals surface area contributed by atoms with Crippen molar-refractivity contribution >= 4 is 30.0 Å². The smallest absolute Gasteiger partial charge is 0.251 e. The van der Waals surface area contributed by atoms with Crippen molar-refractivity contribution in [3.05, 3.63) is 71.8 Å². The van der Waals surface area contributed by atoms with E-state index >= 15 is 0 Å². The zero-order chi connectivity index (χ0) is 18.5. The lowest BCUT2D eigenvalue weighted by Gasteiger charge is -2.09. The maximum absolute atomic E-state index is 12.1. The highest BCUT2D eigenvalue weighted by molar-refractivity contribution is 7.97. The fraction of sp³-hybridized carbons (Fsp3) is 0.211. The summed E-state index contributed by atoms with van der Waals surface area (Å²) in [4.78, 5) is 27.4. The number of nitrogens with zero attached hydrogens (tertiary/aromatic N) is 1. The first kappa shape index (κ1) is 20.4.